The maximum Gasteiger partial charge on any atom is 0.243 e. The summed E-state index contributed by atoms with van der Waals surface area (Å²) in [6, 6.07) is 2.33. The molecule has 1 aromatic heterocycles. The van der Waals surface area contributed by atoms with Crippen LogP contribution in [0.5, 0.6) is 0 Å². The van der Waals surface area contributed by atoms with Crippen LogP contribution < -0.4 is 0 Å². The SMILES string of the molecule is Cc1noc(C2CCN(C(=O)C3(C#N)CCCCC3)CC2)n1. The molecule has 1 aliphatic carbocycles. The summed E-state index contributed by atoms with van der Waals surface area (Å²) in [5.74, 6) is 1.60. The van der Waals surface area contributed by atoms with Crippen LogP contribution in [0.4, 0.5) is 0 Å². The van der Waals surface area contributed by atoms with Crippen molar-refractivity contribution in [2.75, 3.05) is 13.1 Å². The van der Waals surface area contributed by atoms with Crippen molar-refractivity contribution in [1.82, 2.24) is 15.0 Å². The number of amides is 1. The first kappa shape index (κ1) is 15.0. The van der Waals surface area contributed by atoms with Gasteiger partial charge in [-0.1, -0.05) is 24.4 Å². The van der Waals surface area contributed by atoms with Crippen LogP contribution >= 0.6 is 0 Å². The molecular formula is C16H22N4O2. The molecule has 2 fully saturated rings. The third-order valence-corrected chi connectivity index (χ3v) is 5.01. The van der Waals surface area contributed by atoms with E-state index >= 15 is 0 Å². The van der Waals surface area contributed by atoms with E-state index in [1.165, 1.54) is 0 Å². The Labute approximate surface area is 130 Å². The molecule has 3 rings (SSSR count). The Hall–Kier alpha value is -1.90. The van der Waals surface area contributed by atoms with Crippen LogP contribution in [-0.2, 0) is 4.79 Å². The van der Waals surface area contributed by atoms with Gasteiger partial charge in [0.25, 0.3) is 0 Å². The highest BCUT2D eigenvalue weighted by atomic mass is 16.5. The molecule has 1 aromatic rings. The monoisotopic (exact) mass is 302 g/mol. The molecule has 2 heterocycles. The van der Waals surface area contributed by atoms with E-state index in [1.807, 2.05) is 11.8 Å². The Balaban J connectivity index is 1.63. The molecule has 6 nitrogen and oxygen atoms in total. The number of rotatable bonds is 2. The lowest BCUT2D eigenvalue weighted by molar-refractivity contribution is -0.141. The highest BCUT2D eigenvalue weighted by molar-refractivity contribution is 5.85. The summed E-state index contributed by atoms with van der Waals surface area (Å²) in [7, 11) is 0. The summed E-state index contributed by atoms with van der Waals surface area (Å²) in [6.07, 6.45) is 6.18. The second-order valence-electron chi connectivity index (χ2n) is 6.50. The van der Waals surface area contributed by atoms with Crippen molar-refractivity contribution in [3.8, 4) is 6.07 Å². The molecule has 2 aliphatic rings. The van der Waals surface area contributed by atoms with Crippen molar-refractivity contribution in [3.63, 3.8) is 0 Å². The van der Waals surface area contributed by atoms with Gasteiger partial charge in [-0.25, -0.2) is 0 Å². The van der Waals surface area contributed by atoms with Gasteiger partial charge >= 0.3 is 0 Å². The van der Waals surface area contributed by atoms with Gasteiger partial charge in [0, 0.05) is 19.0 Å². The van der Waals surface area contributed by atoms with Gasteiger partial charge in [-0.15, -0.1) is 0 Å². The molecule has 6 heteroatoms. The van der Waals surface area contributed by atoms with Crippen molar-refractivity contribution < 1.29 is 9.32 Å². The number of hydrogen-bond acceptors (Lipinski definition) is 5. The number of aromatic nitrogens is 2. The van der Waals surface area contributed by atoms with E-state index in [0.717, 1.165) is 32.1 Å². The highest BCUT2D eigenvalue weighted by Gasteiger charge is 2.43. The van der Waals surface area contributed by atoms with E-state index < -0.39 is 5.41 Å². The van der Waals surface area contributed by atoms with E-state index in [2.05, 4.69) is 16.2 Å². The zero-order chi connectivity index (χ0) is 15.6. The van der Waals surface area contributed by atoms with Crippen LogP contribution in [0.2, 0.25) is 0 Å². The van der Waals surface area contributed by atoms with Crippen molar-refractivity contribution in [3.05, 3.63) is 11.7 Å². The zero-order valence-corrected chi connectivity index (χ0v) is 13.0. The average molecular weight is 302 g/mol. The van der Waals surface area contributed by atoms with Gasteiger partial charge in [-0.05, 0) is 32.6 Å². The van der Waals surface area contributed by atoms with Gasteiger partial charge in [-0.2, -0.15) is 10.2 Å². The summed E-state index contributed by atoms with van der Waals surface area (Å²) in [5, 5.41) is 13.4. The van der Waals surface area contributed by atoms with Gasteiger partial charge in [-0.3, -0.25) is 4.79 Å². The lowest BCUT2D eigenvalue weighted by Crippen LogP contribution is -2.47. The van der Waals surface area contributed by atoms with E-state index in [-0.39, 0.29) is 11.8 Å². The topological polar surface area (TPSA) is 83.0 Å². The van der Waals surface area contributed by atoms with Crippen LogP contribution in [-0.4, -0.2) is 34.0 Å². The van der Waals surface area contributed by atoms with Crippen molar-refractivity contribution in [2.45, 2.75) is 57.8 Å². The van der Waals surface area contributed by atoms with E-state index in [1.54, 1.807) is 0 Å². The molecule has 0 radical (unpaired) electrons. The summed E-state index contributed by atoms with van der Waals surface area (Å²) >= 11 is 0. The number of carbonyl (C=O) groups is 1. The minimum atomic E-state index is -0.772. The fraction of sp³-hybridized carbons (Fsp3) is 0.750. The Bertz CT molecular complexity index is 575. The Morgan fingerprint density at radius 2 is 2.00 bits per heavy atom. The molecule has 0 spiro atoms. The van der Waals surface area contributed by atoms with Gasteiger partial charge in [0.2, 0.25) is 11.8 Å². The number of aryl methyl sites for hydroxylation is 1. The van der Waals surface area contributed by atoms with Crippen molar-refractivity contribution >= 4 is 5.91 Å². The zero-order valence-electron chi connectivity index (χ0n) is 13.0. The van der Waals surface area contributed by atoms with Crippen LogP contribution in [0.3, 0.4) is 0 Å². The quantitative estimate of drug-likeness (QED) is 0.838. The molecule has 0 bridgehead atoms. The van der Waals surface area contributed by atoms with Gasteiger partial charge in [0.15, 0.2) is 5.82 Å². The fourth-order valence-electron chi connectivity index (χ4n) is 3.64. The normalized spacial score (nSPS) is 22.3. The third kappa shape index (κ3) is 2.72. The molecule has 22 heavy (non-hydrogen) atoms. The first-order valence-electron chi connectivity index (χ1n) is 8.15. The standard InChI is InChI=1S/C16H22N4O2/c1-12-18-14(22-19-12)13-5-9-20(10-6-13)15(21)16(11-17)7-3-2-4-8-16/h13H,2-10H2,1H3. The fourth-order valence-corrected chi connectivity index (χ4v) is 3.64. The number of hydrogen-bond donors (Lipinski definition) is 0. The number of likely N-dealkylation sites (tertiary alicyclic amines) is 1. The molecule has 1 saturated heterocycles. The van der Waals surface area contributed by atoms with Gasteiger partial charge < -0.3 is 9.42 Å². The molecule has 0 aromatic carbocycles. The molecular weight excluding hydrogens is 280 g/mol. The molecule has 1 saturated carbocycles. The number of carbonyl (C=O) groups excluding carboxylic acids is 1. The molecule has 118 valence electrons. The minimum absolute atomic E-state index is 0.0369. The van der Waals surface area contributed by atoms with E-state index in [4.69, 9.17) is 4.52 Å². The summed E-state index contributed by atoms with van der Waals surface area (Å²) in [6.45, 7) is 3.16. The summed E-state index contributed by atoms with van der Waals surface area (Å²) < 4.78 is 5.24. The summed E-state index contributed by atoms with van der Waals surface area (Å²) in [5.41, 5.74) is -0.772. The smallest absolute Gasteiger partial charge is 0.243 e. The second-order valence-corrected chi connectivity index (χ2v) is 6.50. The molecule has 0 atom stereocenters. The molecule has 1 amide bonds. The molecule has 0 N–H and O–H groups in total. The largest absolute Gasteiger partial charge is 0.341 e. The van der Waals surface area contributed by atoms with Crippen LogP contribution in [0, 0.1) is 23.7 Å². The van der Waals surface area contributed by atoms with Crippen molar-refractivity contribution in [2.24, 2.45) is 5.41 Å². The number of piperidine rings is 1. The maximum absolute atomic E-state index is 12.8. The molecule has 1 aliphatic heterocycles. The Kier molecular flexibility index (Phi) is 4.14. The Morgan fingerprint density at radius 1 is 1.32 bits per heavy atom. The summed E-state index contributed by atoms with van der Waals surface area (Å²) in [4.78, 5) is 19.0. The maximum atomic E-state index is 12.8. The van der Waals surface area contributed by atoms with Crippen LogP contribution in [0.25, 0.3) is 0 Å². The van der Waals surface area contributed by atoms with E-state index in [0.29, 0.717) is 37.6 Å². The first-order chi connectivity index (χ1) is 10.6. The minimum Gasteiger partial charge on any atom is -0.341 e. The van der Waals surface area contributed by atoms with Gasteiger partial charge in [0.05, 0.1) is 6.07 Å². The second kappa shape index (κ2) is 6.07. The third-order valence-electron chi connectivity index (χ3n) is 5.01. The van der Waals surface area contributed by atoms with E-state index in [9.17, 15) is 10.1 Å². The number of nitrogens with zero attached hydrogens (tertiary/aromatic N) is 4. The predicted octanol–water partition coefficient (Wildman–Crippen LogP) is 2.56. The van der Waals surface area contributed by atoms with Crippen LogP contribution in [0.15, 0.2) is 4.52 Å². The lowest BCUT2D eigenvalue weighted by atomic mass is 9.74. The first-order valence-corrected chi connectivity index (χ1v) is 8.15. The number of nitriles is 1. The van der Waals surface area contributed by atoms with Crippen molar-refractivity contribution in [1.29, 1.82) is 5.26 Å². The lowest BCUT2D eigenvalue weighted by Gasteiger charge is -2.37. The average Bonchev–Trinajstić information content (AvgIpc) is 3.01. The highest BCUT2D eigenvalue weighted by Crippen LogP contribution is 2.38. The molecule has 0 unspecified atom stereocenters. The predicted molar refractivity (Wildman–Crippen MR) is 78.7 cm³/mol. The van der Waals surface area contributed by atoms with Crippen LogP contribution in [0.1, 0.15) is 62.6 Å². The van der Waals surface area contributed by atoms with Gasteiger partial charge in [0.1, 0.15) is 5.41 Å². The Morgan fingerprint density at radius 3 is 2.55 bits per heavy atom.